The van der Waals surface area contributed by atoms with Crippen LogP contribution < -0.4 is 4.74 Å². The zero-order chi connectivity index (χ0) is 12.4. The van der Waals surface area contributed by atoms with Gasteiger partial charge in [0.05, 0.1) is 0 Å². The first-order valence-corrected chi connectivity index (χ1v) is 4.69. The van der Waals surface area contributed by atoms with Crippen LogP contribution in [-0.4, -0.2) is 16.1 Å². The summed E-state index contributed by atoms with van der Waals surface area (Å²) in [6.07, 6.45) is 0.609. The van der Waals surface area contributed by atoms with Gasteiger partial charge in [0.1, 0.15) is 6.26 Å². The van der Waals surface area contributed by atoms with Crippen LogP contribution in [0.5, 0.6) is 11.8 Å². The van der Waals surface area contributed by atoms with Crippen molar-refractivity contribution >= 4 is 5.97 Å². The highest BCUT2D eigenvalue weighted by molar-refractivity contribution is 5.84. The fourth-order valence-corrected chi connectivity index (χ4v) is 1.20. The number of carbonyl (C=O) groups is 1. The van der Waals surface area contributed by atoms with Gasteiger partial charge in [0.15, 0.2) is 17.3 Å². The van der Waals surface area contributed by atoms with Crippen molar-refractivity contribution in [1.82, 2.24) is 4.98 Å². The summed E-state index contributed by atoms with van der Waals surface area (Å²) in [7, 11) is 0. The smallest absolute Gasteiger partial charge is 0.400 e. The van der Waals surface area contributed by atoms with Crippen LogP contribution in [0.4, 0.5) is 4.39 Å². The molecule has 0 aliphatic rings. The Morgan fingerprint density at radius 3 is 2.94 bits per heavy atom. The standard InChI is InChI=1S/C11H8FNO4/c1-6-3-2-4-8(9(6)12)17-11-13-7(5-16-11)10(14)15/h2-5H,1H3,(H,14,15). The van der Waals surface area contributed by atoms with E-state index in [4.69, 9.17) is 14.3 Å². The number of carboxylic acids is 1. The summed E-state index contributed by atoms with van der Waals surface area (Å²) in [5.41, 5.74) is 0.112. The van der Waals surface area contributed by atoms with Gasteiger partial charge in [-0.25, -0.2) is 9.18 Å². The number of benzene rings is 1. The highest BCUT2D eigenvalue weighted by Gasteiger charge is 2.14. The van der Waals surface area contributed by atoms with Gasteiger partial charge in [0, 0.05) is 0 Å². The van der Waals surface area contributed by atoms with Crippen molar-refractivity contribution in [3.63, 3.8) is 0 Å². The molecule has 0 aliphatic heterocycles. The van der Waals surface area contributed by atoms with Crippen LogP contribution in [0.15, 0.2) is 28.9 Å². The molecule has 0 spiro atoms. The Hall–Kier alpha value is -2.37. The Morgan fingerprint density at radius 2 is 2.29 bits per heavy atom. The van der Waals surface area contributed by atoms with E-state index >= 15 is 0 Å². The molecule has 0 fully saturated rings. The van der Waals surface area contributed by atoms with Crippen LogP contribution in [-0.2, 0) is 0 Å². The lowest BCUT2D eigenvalue weighted by Crippen LogP contribution is -1.96. The molecule has 0 atom stereocenters. The van der Waals surface area contributed by atoms with Gasteiger partial charge in [-0.2, -0.15) is 4.98 Å². The lowest BCUT2D eigenvalue weighted by molar-refractivity contribution is 0.0690. The monoisotopic (exact) mass is 237 g/mol. The predicted molar refractivity (Wildman–Crippen MR) is 54.7 cm³/mol. The van der Waals surface area contributed by atoms with E-state index in [0.717, 1.165) is 6.26 Å². The van der Waals surface area contributed by atoms with E-state index in [1.165, 1.54) is 6.07 Å². The molecule has 1 aromatic heterocycles. The molecule has 2 rings (SSSR count). The summed E-state index contributed by atoms with van der Waals surface area (Å²) >= 11 is 0. The minimum atomic E-state index is -1.24. The quantitative estimate of drug-likeness (QED) is 0.888. The number of rotatable bonds is 3. The Balaban J connectivity index is 2.25. The summed E-state index contributed by atoms with van der Waals surface area (Å²) in [4.78, 5) is 14.1. The molecule has 1 N–H and O–H groups in total. The van der Waals surface area contributed by atoms with Crippen LogP contribution in [0.25, 0.3) is 0 Å². The topological polar surface area (TPSA) is 72.6 Å². The van der Waals surface area contributed by atoms with Crippen LogP contribution in [0.1, 0.15) is 16.1 Å². The molecule has 1 aromatic carbocycles. The van der Waals surface area contributed by atoms with Gasteiger partial charge in [-0.1, -0.05) is 12.1 Å². The number of hydrogen-bond acceptors (Lipinski definition) is 4. The fourth-order valence-electron chi connectivity index (χ4n) is 1.20. The van der Waals surface area contributed by atoms with Gasteiger partial charge in [0.2, 0.25) is 0 Å². The van der Waals surface area contributed by atoms with E-state index in [-0.39, 0.29) is 17.5 Å². The van der Waals surface area contributed by atoms with E-state index in [2.05, 4.69) is 4.98 Å². The van der Waals surface area contributed by atoms with E-state index in [9.17, 15) is 9.18 Å². The molecule has 6 heteroatoms. The van der Waals surface area contributed by atoms with Crippen LogP contribution >= 0.6 is 0 Å². The molecule has 0 saturated heterocycles. The van der Waals surface area contributed by atoms with Crippen molar-refractivity contribution in [2.24, 2.45) is 0 Å². The molecular weight excluding hydrogens is 229 g/mol. The SMILES string of the molecule is Cc1cccc(Oc2nc(C(=O)O)co2)c1F. The number of aromatic carboxylic acids is 1. The van der Waals surface area contributed by atoms with Crippen molar-refractivity contribution in [2.75, 3.05) is 0 Å². The number of ether oxygens (including phenoxy) is 1. The first-order valence-electron chi connectivity index (χ1n) is 4.69. The summed E-state index contributed by atoms with van der Waals surface area (Å²) < 4.78 is 23.3. The van der Waals surface area contributed by atoms with Crippen molar-refractivity contribution < 1.29 is 23.4 Å². The molecule has 0 aliphatic carbocycles. The zero-order valence-corrected chi connectivity index (χ0v) is 8.81. The van der Waals surface area contributed by atoms with Gasteiger partial charge in [-0.3, -0.25) is 0 Å². The van der Waals surface area contributed by atoms with Crippen molar-refractivity contribution in [1.29, 1.82) is 0 Å². The molecule has 0 saturated carbocycles. The largest absolute Gasteiger partial charge is 0.476 e. The first-order chi connectivity index (χ1) is 8.08. The Kier molecular flexibility index (Phi) is 2.78. The maximum Gasteiger partial charge on any atom is 0.400 e. The van der Waals surface area contributed by atoms with Crippen molar-refractivity contribution in [3.05, 3.63) is 41.5 Å². The third-order valence-electron chi connectivity index (χ3n) is 2.06. The third kappa shape index (κ3) is 2.25. The highest BCUT2D eigenvalue weighted by Crippen LogP contribution is 2.25. The van der Waals surface area contributed by atoms with Crippen molar-refractivity contribution in [3.8, 4) is 11.8 Å². The second-order valence-corrected chi connectivity index (χ2v) is 3.29. The molecule has 5 nitrogen and oxygen atoms in total. The molecule has 0 unspecified atom stereocenters. The Morgan fingerprint density at radius 1 is 1.53 bits per heavy atom. The van der Waals surface area contributed by atoms with E-state index < -0.39 is 11.8 Å². The van der Waals surface area contributed by atoms with Gasteiger partial charge >= 0.3 is 12.0 Å². The van der Waals surface area contributed by atoms with E-state index in [0.29, 0.717) is 5.56 Å². The van der Waals surface area contributed by atoms with Crippen molar-refractivity contribution in [2.45, 2.75) is 6.92 Å². The molecule has 17 heavy (non-hydrogen) atoms. The number of carboxylic acid groups (broad SMARTS) is 1. The lowest BCUT2D eigenvalue weighted by atomic mass is 10.2. The molecular formula is C11H8FNO4. The van der Waals surface area contributed by atoms with E-state index in [1.54, 1.807) is 19.1 Å². The van der Waals surface area contributed by atoms with Gasteiger partial charge in [-0.05, 0) is 18.6 Å². The van der Waals surface area contributed by atoms with E-state index in [1.807, 2.05) is 0 Å². The summed E-state index contributed by atoms with van der Waals surface area (Å²) in [6.45, 7) is 1.58. The van der Waals surface area contributed by atoms with Crippen LogP contribution in [0.2, 0.25) is 0 Å². The second-order valence-electron chi connectivity index (χ2n) is 3.29. The zero-order valence-electron chi connectivity index (χ0n) is 8.81. The first kappa shape index (κ1) is 11.1. The van der Waals surface area contributed by atoms with Gasteiger partial charge < -0.3 is 14.3 Å². The second kappa shape index (κ2) is 4.25. The lowest BCUT2D eigenvalue weighted by Gasteiger charge is -2.03. The minimum absolute atomic E-state index is 0.0659. The fraction of sp³-hybridized carbons (Fsp3) is 0.0909. The van der Waals surface area contributed by atoms with Gasteiger partial charge in [0.25, 0.3) is 0 Å². The average molecular weight is 237 g/mol. The molecule has 0 bridgehead atoms. The normalized spacial score (nSPS) is 10.2. The minimum Gasteiger partial charge on any atom is -0.476 e. The summed E-state index contributed by atoms with van der Waals surface area (Å²) in [6, 6.07) is 4.59. The number of hydrogen-bond donors (Lipinski definition) is 1. The average Bonchev–Trinajstić information content (AvgIpc) is 2.73. The molecule has 1 heterocycles. The number of halogens is 1. The number of aryl methyl sites for hydroxylation is 1. The van der Waals surface area contributed by atoms with Crippen LogP contribution in [0, 0.1) is 12.7 Å². The summed E-state index contributed by atoms with van der Waals surface area (Å²) in [5, 5.41) is 8.61. The highest BCUT2D eigenvalue weighted by atomic mass is 19.1. The number of oxazole rings is 1. The molecule has 88 valence electrons. The summed E-state index contributed by atoms with van der Waals surface area (Å²) in [5.74, 6) is -1.85. The molecule has 0 radical (unpaired) electrons. The maximum absolute atomic E-state index is 13.5. The van der Waals surface area contributed by atoms with Gasteiger partial charge in [-0.15, -0.1) is 0 Å². The third-order valence-corrected chi connectivity index (χ3v) is 2.06. The maximum atomic E-state index is 13.5. The molecule has 2 aromatic rings. The predicted octanol–water partition coefficient (Wildman–Crippen LogP) is 2.61. The molecule has 0 amide bonds. The Bertz CT molecular complexity index is 564. The Labute approximate surface area is 95.5 Å². The number of aromatic nitrogens is 1. The van der Waals surface area contributed by atoms with Crippen LogP contribution in [0.3, 0.4) is 0 Å². The number of nitrogens with zero attached hydrogens (tertiary/aromatic N) is 1.